The fraction of sp³-hybridized carbons (Fsp3) is 0.190. The van der Waals surface area contributed by atoms with Gasteiger partial charge in [-0.2, -0.15) is 5.10 Å². The third-order valence-corrected chi connectivity index (χ3v) is 5.67. The van der Waals surface area contributed by atoms with Gasteiger partial charge in [0.2, 0.25) is 10.0 Å². The predicted molar refractivity (Wildman–Crippen MR) is 113 cm³/mol. The van der Waals surface area contributed by atoms with Gasteiger partial charge in [0.1, 0.15) is 5.69 Å². The van der Waals surface area contributed by atoms with Gasteiger partial charge >= 0.3 is 0 Å². The van der Waals surface area contributed by atoms with Crippen molar-refractivity contribution in [3.63, 3.8) is 0 Å². The van der Waals surface area contributed by atoms with Gasteiger partial charge in [-0.25, -0.2) is 8.42 Å². The molecule has 7 nitrogen and oxygen atoms in total. The van der Waals surface area contributed by atoms with Crippen LogP contribution in [0.2, 0.25) is 0 Å². The molecule has 1 aliphatic heterocycles. The highest BCUT2D eigenvalue weighted by atomic mass is 32.2. The van der Waals surface area contributed by atoms with Crippen LogP contribution >= 0.6 is 0 Å². The molecule has 4 heterocycles. The molecule has 0 atom stereocenters. The first-order chi connectivity index (χ1) is 14.0. The molecule has 0 saturated carbocycles. The number of sulfonamides is 1. The number of anilines is 1. The van der Waals surface area contributed by atoms with Crippen LogP contribution in [0, 0.1) is 0 Å². The summed E-state index contributed by atoms with van der Waals surface area (Å²) in [6.07, 6.45) is 6.70. The van der Waals surface area contributed by atoms with Gasteiger partial charge in [0.05, 0.1) is 23.2 Å². The first-order valence-corrected chi connectivity index (χ1v) is 11.3. The number of aromatic nitrogens is 4. The van der Waals surface area contributed by atoms with Crippen molar-refractivity contribution < 1.29 is 8.42 Å². The lowest BCUT2D eigenvalue weighted by Gasteiger charge is -2.10. The summed E-state index contributed by atoms with van der Waals surface area (Å²) in [5.41, 5.74) is 6.24. The summed E-state index contributed by atoms with van der Waals surface area (Å²) < 4.78 is 27.7. The second-order valence-corrected chi connectivity index (χ2v) is 8.93. The first-order valence-electron chi connectivity index (χ1n) is 9.38. The molecular formula is C21H19N5O2S. The van der Waals surface area contributed by atoms with Crippen LogP contribution < -0.4 is 4.72 Å². The number of nitrogens with one attached hydrogen (secondary N) is 1. The topological polar surface area (TPSA) is 89.8 Å². The summed E-state index contributed by atoms with van der Waals surface area (Å²) in [4.78, 5) is 8.98. The van der Waals surface area contributed by atoms with Gasteiger partial charge in [-0.1, -0.05) is 12.1 Å². The van der Waals surface area contributed by atoms with E-state index in [9.17, 15) is 8.42 Å². The lowest BCUT2D eigenvalue weighted by atomic mass is 9.96. The molecule has 0 spiro atoms. The molecule has 0 saturated heterocycles. The Hall–Kier alpha value is -3.26. The molecule has 3 aromatic heterocycles. The SMILES string of the molecule is CS(=O)(=O)Nc1ccc2c(-c3c(-c4ccccn4)nn4c3CCC4)ccnc2c1. The van der Waals surface area contributed by atoms with Gasteiger partial charge in [-0.05, 0) is 48.7 Å². The maximum Gasteiger partial charge on any atom is 0.229 e. The van der Waals surface area contributed by atoms with Crippen molar-refractivity contribution in [2.24, 2.45) is 0 Å². The Morgan fingerprint density at radius 1 is 1.07 bits per heavy atom. The molecule has 4 aromatic rings. The third kappa shape index (κ3) is 3.25. The average Bonchev–Trinajstić information content (AvgIpc) is 3.28. The Kier molecular flexibility index (Phi) is 4.09. The molecule has 0 aliphatic carbocycles. The molecule has 146 valence electrons. The van der Waals surface area contributed by atoms with E-state index in [-0.39, 0.29) is 0 Å². The number of aryl methyl sites for hydroxylation is 1. The summed E-state index contributed by atoms with van der Waals surface area (Å²) in [6.45, 7) is 0.903. The van der Waals surface area contributed by atoms with Crippen LogP contribution in [0.1, 0.15) is 12.1 Å². The molecule has 0 bridgehead atoms. The fourth-order valence-corrected chi connectivity index (χ4v) is 4.50. The molecule has 5 rings (SSSR count). The molecule has 8 heteroatoms. The quantitative estimate of drug-likeness (QED) is 0.561. The van der Waals surface area contributed by atoms with E-state index in [4.69, 9.17) is 5.10 Å². The van der Waals surface area contributed by atoms with Gasteiger partial charge in [-0.15, -0.1) is 0 Å². The van der Waals surface area contributed by atoms with Crippen molar-refractivity contribution in [3.05, 3.63) is 60.6 Å². The van der Waals surface area contributed by atoms with E-state index in [1.165, 1.54) is 5.69 Å². The monoisotopic (exact) mass is 405 g/mol. The van der Waals surface area contributed by atoms with E-state index in [2.05, 4.69) is 19.4 Å². The van der Waals surface area contributed by atoms with E-state index in [0.29, 0.717) is 5.69 Å². The van der Waals surface area contributed by atoms with Gasteiger partial charge in [0, 0.05) is 35.6 Å². The standard InChI is InChI=1S/C21H19N5O2S/c1-29(27,28)25-14-7-8-15-16(9-11-23-18(15)13-14)20-19-6-4-12-26(19)24-21(20)17-5-2-3-10-22-17/h2-3,5,7-11,13,25H,4,6,12H2,1H3. The van der Waals surface area contributed by atoms with Crippen molar-refractivity contribution in [1.29, 1.82) is 0 Å². The average molecular weight is 405 g/mol. The Labute approximate surface area is 168 Å². The summed E-state index contributed by atoms with van der Waals surface area (Å²) in [7, 11) is -3.35. The van der Waals surface area contributed by atoms with Crippen molar-refractivity contribution in [1.82, 2.24) is 19.7 Å². The second-order valence-electron chi connectivity index (χ2n) is 7.18. The number of hydrogen-bond acceptors (Lipinski definition) is 5. The number of pyridine rings is 2. The summed E-state index contributed by atoms with van der Waals surface area (Å²) in [5.74, 6) is 0. The van der Waals surface area contributed by atoms with Crippen LogP contribution in [-0.2, 0) is 23.0 Å². The van der Waals surface area contributed by atoms with E-state index in [1.54, 1.807) is 24.5 Å². The fourth-order valence-electron chi connectivity index (χ4n) is 3.94. The Bertz CT molecular complexity index is 1330. The minimum absolute atomic E-state index is 0.495. The molecule has 0 amide bonds. The lowest BCUT2D eigenvalue weighted by molar-refractivity contribution is 0.607. The van der Waals surface area contributed by atoms with Crippen LogP contribution in [0.5, 0.6) is 0 Å². The minimum atomic E-state index is -3.35. The zero-order chi connectivity index (χ0) is 20.0. The Morgan fingerprint density at radius 3 is 2.76 bits per heavy atom. The summed E-state index contributed by atoms with van der Waals surface area (Å²) >= 11 is 0. The van der Waals surface area contributed by atoms with Crippen molar-refractivity contribution in [2.75, 3.05) is 11.0 Å². The largest absolute Gasteiger partial charge is 0.284 e. The molecule has 29 heavy (non-hydrogen) atoms. The molecule has 0 radical (unpaired) electrons. The van der Waals surface area contributed by atoms with Gasteiger partial charge in [0.25, 0.3) is 0 Å². The van der Waals surface area contributed by atoms with Crippen molar-refractivity contribution >= 4 is 26.6 Å². The highest BCUT2D eigenvalue weighted by Crippen LogP contribution is 2.39. The van der Waals surface area contributed by atoms with Crippen LogP contribution in [0.3, 0.4) is 0 Å². The summed E-state index contributed by atoms with van der Waals surface area (Å²) in [5, 5.41) is 5.80. The zero-order valence-electron chi connectivity index (χ0n) is 15.8. The maximum atomic E-state index is 11.6. The Morgan fingerprint density at radius 2 is 1.97 bits per heavy atom. The number of hydrogen-bond donors (Lipinski definition) is 1. The molecule has 0 fully saturated rings. The third-order valence-electron chi connectivity index (χ3n) is 5.06. The van der Waals surface area contributed by atoms with Gasteiger partial charge in [0.15, 0.2) is 0 Å². The van der Waals surface area contributed by atoms with E-state index in [0.717, 1.165) is 59.1 Å². The van der Waals surface area contributed by atoms with Crippen LogP contribution in [0.15, 0.2) is 54.9 Å². The normalized spacial score (nSPS) is 13.6. The molecule has 1 aromatic carbocycles. The van der Waals surface area contributed by atoms with Gasteiger partial charge < -0.3 is 0 Å². The minimum Gasteiger partial charge on any atom is -0.284 e. The molecule has 1 N–H and O–H groups in total. The number of benzene rings is 1. The Balaban J connectivity index is 1.72. The maximum absolute atomic E-state index is 11.6. The zero-order valence-corrected chi connectivity index (χ0v) is 16.6. The van der Waals surface area contributed by atoms with Crippen LogP contribution in [-0.4, -0.2) is 34.4 Å². The highest BCUT2D eigenvalue weighted by Gasteiger charge is 2.25. The predicted octanol–water partition coefficient (Wildman–Crippen LogP) is 3.48. The molecule has 1 aliphatic rings. The van der Waals surface area contributed by atoms with Crippen LogP contribution in [0.4, 0.5) is 5.69 Å². The second kappa shape index (κ2) is 6.66. The van der Waals surface area contributed by atoms with Gasteiger partial charge in [-0.3, -0.25) is 19.4 Å². The van der Waals surface area contributed by atoms with Crippen molar-refractivity contribution in [2.45, 2.75) is 19.4 Å². The molecule has 0 unspecified atom stereocenters. The van der Waals surface area contributed by atoms with E-state index < -0.39 is 10.0 Å². The van der Waals surface area contributed by atoms with Crippen molar-refractivity contribution in [3.8, 4) is 22.5 Å². The number of nitrogens with zero attached hydrogens (tertiary/aromatic N) is 4. The number of fused-ring (bicyclic) bond motifs is 2. The number of rotatable bonds is 4. The summed E-state index contributed by atoms with van der Waals surface area (Å²) in [6, 6.07) is 13.2. The highest BCUT2D eigenvalue weighted by molar-refractivity contribution is 7.92. The van der Waals surface area contributed by atoms with E-state index >= 15 is 0 Å². The smallest absolute Gasteiger partial charge is 0.229 e. The molecular weight excluding hydrogens is 386 g/mol. The van der Waals surface area contributed by atoms with Crippen LogP contribution in [0.25, 0.3) is 33.4 Å². The first kappa shape index (κ1) is 17.8. The van der Waals surface area contributed by atoms with E-state index in [1.807, 2.05) is 30.3 Å². The lowest BCUT2D eigenvalue weighted by Crippen LogP contribution is -2.09.